The molecule has 0 saturated heterocycles. The molecule has 3 aromatic rings. The lowest BCUT2D eigenvalue weighted by atomic mass is 9.94. The molecular formula is C28H32N2O4S. The first-order valence-corrected chi connectivity index (χ1v) is 12.9. The van der Waals surface area contributed by atoms with Gasteiger partial charge < -0.3 is 19.7 Å². The Balaban J connectivity index is 1.73. The van der Waals surface area contributed by atoms with Crippen molar-refractivity contribution in [3.05, 3.63) is 82.0 Å². The van der Waals surface area contributed by atoms with Gasteiger partial charge in [-0.2, -0.15) is 0 Å². The van der Waals surface area contributed by atoms with Crippen molar-refractivity contribution in [1.29, 1.82) is 0 Å². The van der Waals surface area contributed by atoms with Crippen molar-refractivity contribution < 1.29 is 19.1 Å². The quantitative estimate of drug-likeness (QED) is 0.422. The normalized spacial score (nSPS) is 14.7. The first kappa shape index (κ1) is 24.8. The lowest BCUT2D eigenvalue weighted by Crippen LogP contribution is -2.46. The van der Waals surface area contributed by atoms with Gasteiger partial charge in [-0.15, -0.1) is 11.3 Å². The zero-order chi connectivity index (χ0) is 24.6. The van der Waals surface area contributed by atoms with E-state index in [-0.39, 0.29) is 24.4 Å². The van der Waals surface area contributed by atoms with Gasteiger partial charge in [-0.25, -0.2) is 0 Å². The largest absolute Gasteiger partial charge is 0.497 e. The fourth-order valence-corrected chi connectivity index (χ4v) is 5.25. The summed E-state index contributed by atoms with van der Waals surface area (Å²) in [5.41, 5.74) is 1.63. The lowest BCUT2D eigenvalue weighted by molar-refractivity contribution is -0.127. The average molecular weight is 493 g/mol. The van der Waals surface area contributed by atoms with Crippen LogP contribution in [0, 0.1) is 0 Å². The summed E-state index contributed by atoms with van der Waals surface area (Å²) in [4.78, 5) is 29.9. The predicted molar refractivity (Wildman–Crippen MR) is 138 cm³/mol. The van der Waals surface area contributed by atoms with Gasteiger partial charge in [0.1, 0.15) is 17.5 Å². The van der Waals surface area contributed by atoms with E-state index < -0.39 is 6.04 Å². The van der Waals surface area contributed by atoms with Crippen LogP contribution in [0.3, 0.4) is 0 Å². The molecule has 184 valence electrons. The van der Waals surface area contributed by atoms with Crippen molar-refractivity contribution in [3.8, 4) is 11.5 Å². The Morgan fingerprint density at radius 1 is 0.971 bits per heavy atom. The molecule has 6 nitrogen and oxygen atoms in total. The molecule has 35 heavy (non-hydrogen) atoms. The van der Waals surface area contributed by atoms with Crippen molar-refractivity contribution in [2.45, 2.75) is 50.7 Å². The number of hydrogen-bond donors (Lipinski definition) is 1. The van der Waals surface area contributed by atoms with Gasteiger partial charge in [-0.1, -0.05) is 49.6 Å². The van der Waals surface area contributed by atoms with E-state index in [4.69, 9.17) is 9.47 Å². The Bertz CT molecular complexity index is 1110. The van der Waals surface area contributed by atoms with Crippen LogP contribution in [0.5, 0.6) is 11.5 Å². The second-order valence-electron chi connectivity index (χ2n) is 8.78. The highest BCUT2D eigenvalue weighted by Crippen LogP contribution is 2.30. The van der Waals surface area contributed by atoms with Gasteiger partial charge >= 0.3 is 0 Å². The maximum Gasteiger partial charge on any atom is 0.265 e. The molecule has 2 amide bonds. The molecule has 0 radical (unpaired) electrons. The second kappa shape index (κ2) is 11.9. The van der Waals surface area contributed by atoms with Gasteiger partial charge in [0, 0.05) is 12.6 Å². The standard InChI is InChI=1S/C28H32N2O4S/c1-33-23-15-13-21(14-16-23)26(27(31)29-22-9-4-3-5-10-22)30(28(32)25-12-7-17-35-25)19-20-8-6-11-24(18-20)34-2/h6-8,11-18,22,26H,3-5,9-10,19H2,1-2H3,(H,29,31). The van der Waals surface area contributed by atoms with Crippen LogP contribution in [0.25, 0.3) is 0 Å². The van der Waals surface area contributed by atoms with Crippen LogP contribution in [0.15, 0.2) is 66.0 Å². The molecular weight excluding hydrogens is 460 g/mol. The summed E-state index contributed by atoms with van der Waals surface area (Å²) in [5, 5.41) is 5.13. The molecule has 1 atom stereocenters. The van der Waals surface area contributed by atoms with Crippen molar-refractivity contribution in [2.24, 2.45) is 0 Å². The van der Waals surface area contributed by atoms with Gasteiger partial charge in [0.05, 0.1) is 19.1 Å². The number of amides is 2. The summed E-state index contributed by atoms with van der Waals surface area (Å²) in [6.45, 7) is 0.267. The Labute approximate surface area is 210 Å². The maximum absolute atomic E-state index is 13.8. The van der Waals surface area contributed by atoms with Crippen molar-refractivity contribution in [2.75, 3.05) is 14.2 Å². The maximum atomic E-state index is 13.8. The van der Waals surface area contributed by atoms with E-state index in [9.17, 15) is 9.59 Å². The van der Waals surface area contributed by atoms with Crippen LogP contribution in [0.2, 0.25) is 0 Å². The molecule has 1 saturated carbocycles. The van der Waals surface area contributed by atoms with Crippen LogP contribution in [-0.4, -0.2) is 37.0 Å². The highest BCUT2D eigenvalue weighted by Gasteiger charge is 2.34. The molecule has 2 aromatic carbocycles. The Kier molecular flexibility index (Phi) is 8.42. The van der Waals surface area contributed by atoms with Crippen LogP contribution < -0.4 is 14.8 Å². The molecule has 1 fully saturated rings. The SMILES string of the molecule is COc1ccc(C(C(=O)NC2CCCCC2)N(Cc2cccc(OC)c2)C(=O)c2cccs2)cc1. The molecule has 7 heteroatoms. The zero-order valence-electron chi connectivity index (χ0n) is 20.2. The predicted octanol–water partition coefficient (Wildman–Crippen LogP) is 5.60. The molecule has 0 bridgehead atoms. The summed E-state index contributed by atoms with van der Waals surface area (Å²) in [6.07, 6.45) is 5.36. The molecule has 1 aromatic heterocycles. The number of hydrogen-bond acceptors (Lipinski definition) is 5. The number of carbonyl (C=O) groups is 2. The summed E-state index contributed by atoms with van der Waals surface area (Å²) in [7, 11) is 3.23. The Morgan fingerprint density at radius 3 is 2.37 bits per heavy atom. The number of ether oxygens (including phenoxy) is 2. The number of benzene rings is 2. The molecule has 0 spiro atoms. The molecule has 1 aliphatic carbocycles. The number of nitrogens with zero attached hydrogens (tertiary/aromatic N) is 1. The van der Waals surface area contributed by atoms with Gasteiger partial charge in [0.2, 0.25) is 5.91 Å². The van der Waals surface area contributed by atoms with Gasteiger partial charge in [-0.3, -0.25) is 9.59 Å². The van der Waals surface area contributed by atoms with Crippen LogP contribution in [-0.2, 0) is 11.3 Å². The summed E-state index contributed by atoms with van der Waals surface area (Å²) in [5.74, 6) is 1.07. The number of carbonyl (C=O) groups excluding carboxylic acids is 2. The average Bonchev–Trinajstić information content (AvgIpc) is 3.44. The van der Waals surface area contributed by atoms with E-state index in [2.05, 4.69) is 5.32 Å². The monoisotopic (exact) mass is 492 g/mol. The van der Waals surface area contributed by atoms with Crippen molar-refractivity contribution >= 4 is 23.2 Å². The lowest BCUT2D eigenvalue weighted by Gasteiger charge is -2.33. The molecule has 1 aliphatic rings. The summed E-state index contributed by atoms with van der Waals surface area (Å²) in [6, 6.07) is 18.0. The van der Waals surface area contributed by atoms with Gasteiger partial charge in [-0.05, 0) is 59.7 Å². The van der Waals surface area contributed by atoms with E-state index in [1.54, 1.807) is 25.2 Å². The van der Waals surface area contributed by atoms with Crippen molar-refractivity contribution in [1.82, 2.24) is 10.2 Å². The number of nitrogens with one attached hydrogen (secondary N) is 1. The van der Waals surface area contributed by atoms with Crippen LogP contribution in [0.1, 0.15) is 58.9 Å². The minimum atomic E-state index is -0.788. The van der Waals surface area contributed by atoms with E-state index in [0.717, 1.165) is 36.8 Å². The highest BCUT2D eigenvalue weighted by molar-refractivity contribution is 7.12. The first-order valence-electron chi connectivity index (χ1n) is 12.0. The van der Waals surface area contributed by atoms with E-state index in [0.29, 0.717) is 16.4 Å². The second-order valence-corrected chi connectivity index (χ2v) is 9.73. The number of methoxy groups -OCH3 is 2. The van der Waals surface area contributed by atoms with E-state index in [1.165, 1.54) is 17.8 Å². The Morgan fingerprint density at radius 2 is 1.71 bits per heavy atom. The first-order chi connectivity index (χ1) is 17.1. The summed E-state index contributed by atoms with van der Waals surface area (Å²) < 4.78 is 10.7. The third kappa shape index (κ3) is 6.22. The minimum absolute atomic E-state index is 0.132. The van der Waals surface area contributed by atoms with Crippen molar-refractivity contribution in [3.63, 3.8) is 0 Å². The van der Waals surface area contributed by atoms with Crippen LogP contribution in [0.4, 0.5) is 0 Å². The minimum Gasteiger partial charge on any atom is -0.497 e. The number of thiophene rings is 1. The fraction of sp³-hybridized carbons (Fsp3) is 0.357. The van der Waals surface area contributed by atoms with E-state index in [1.807, 2.05) is 60.0 Å². The fourth-order valence-electron chi connectivity index (χ4n) is 4.58. The highest BCUT2D eigenvalue weighted by atomic mass is 32.1. The zero-order valence-corrected chi connectivity index (χ0v) is 21.1. The topological polar surface area (TPSA) is 67.9 Å². The molecule has 0 aliphatic heterocycles. The Hall–Kier alpha value is -3.32. The molecule has 4 rings (SSSR count). The summed E-state index contributed by atoms with van der Waals surface area (Å²) >= 11 is 1.38. The third-order valence-electron chi connectivity index (χ3n) is 6.42. The molecule has 1 unspecified atom stereocenters. The van der Waals surface area contributed by atoms with Crippen LogP contribution >= 0.6 is 11.3 Å². The molecule has 1 heterocycles. The van der Waals surface area contributed by atoms with Gasteiger partial charge in [0.15, 0.2) is 0 Å². The smallest absolute Gasteiger partial charge is 0.265 e. The third-order valence-corrected chi connectivity index (χ3v) is 7.28. The molecule has 1 N–H and O–H groups in total. The number of rotatable bonds is 9. The van der Waals surface area contributed by atoms with Gasteiger partial charge in [0.25, 0.3) is 5.91 Å². The van der Waals surface area contributed by atoms with E-state index >= 15 is 0 Å².